The molecule has 0 amide bonds. The third-order valence-electron chi connectivity index (χ3n) is 2.60. The molecule has 0 saturated carbocycles. The molecule has 19 heavy (non-hydrogen) atoms. The Kier molecular flexibility index (Phi) is 3.12. The van der Waals surface area contributed by atoms with Gasteiger partial charge in [0.05, 0.1) is 9.30 Å². The van der Waals surface area contributed by atoms with E-state index in [0.29, 0.717) is 11.8 Å². The molecule has 0 bridgehead atoms. The summed E-state index contributed by atoms with van der Waals surface area (Å²) in [6, 6.07) is 8.98. The molecule has 1 aromatic heterocycles. The van der Waals surface area contributed by atoms with Gasteiger partial charge in [-0.25, -0.2) is 0 Å². The van der Waals surface area contributed by atoms with Crippen molar-refractivity contribution in [1.82, 2.24) is 4.98 Å². The molecule has 1 aromatic carbocycles. The van der Waals surface area contributed by atoms with E-state index in [2.05, 4.69) is 4.98 Å². The summed E-state index contributed by atoms with van der Waals surface area (Å²) in [5.41, 5.74) is 1.33. The molecule has 0 aliphatic rings. The smallest absolute Gasteiger partial charge is 0.150 e. The zero-order chi connectivity index (χ0) is 17.1. The molecular formula is C16H17NO2. The number of aldehydes is 1. The first kappa shape index (κ1) is 8.86. The van der Waals surface area contributed by atoms with Crippen LogP contribution in [0.5, 0.6) is 5.75 Å². The molecule has 0 N–H and O–H groups in total. The zero-order valence-electron chi connectivity index (χ0n) is 14.6. The fraction of sp³-hybridized carbons (Fsp3) is 0.250. The Morgan fingerprint density at radius 3 is 2.63 bits per heavy atom. The molecule has 0 fully saturated rings. The normalized spacial score (nSPS) is 14.8. The second-order valence-corrected chi connectivity index (χ2v) is 3.92. The molecule has 3 nitrogen and oxygen atoms in total. The maximum absolute atomic E-state index is 10.6. The zero-order valence-corrected chi connectivity index (χ0v) is 10.6. The molecule has 0 radical (unpaired) electrons. The average Bonchev–Trinajstić information content (AvgIpc) is 2.55. The van der Waals surface area contributed by atoms with Crippen molar-refractivity contribution in [2.75, 3.05) is 6.56 Å². The molecule has 0 saturated heterocycles. The van der Waals surface area contributed by atoms with Crippen molar-refractivity contribution in [1.29, 1.82) is 0 Å². The minimum atomic E-state index is -2.63. The summed E-state index contributed by atoms with van der Waals surface area (Å²) in [7, 11) is 0. The highest BCUT2D eigenvalue weighted by atomic mass is 16.5. The lowest BCUT2D eigenvalue weighted by Crippen LogP contribution is -2.03. The monoisotopic (exact) mass is 259 g/mol. The van der Waals surface area contributed by atoms with Crippen LogP contribution in [0.15, 0.2) is 42.6 Å². The lowest BCUT2D eigenvalue weighted by molar-refractivity contribution is 0.112. The van der Waals surface area contributed by atoms with Crippen LogP contribution in [-0.4, -0.2) is 17.8 Å². The molecule has 2 aromatic rings. The van der Waals surface area contributed by atoms with Gasteiger partial charge < -0.3 is 4.74 Å². The molecule has 0 atom stereocenters. The maximum atomic E-state index is 10.6. The number of carbonyl (C=O) groups is 1. The van der Waals surface area contributed by atoms with Gasteiger partial charge >= 0.3 is 0 Å². The Hall–Kier alpha value is -2.16. The molecule has 0 spiro atoms. The van der Waals surface area contributed by atoms with Crippen molar-refractivity contribution < 1.29 is 15.0 Å². The summed E-state index contributed by atoms with van der Waals surface area (Å²) in [6.45, 7) is -0.673. The molecule has 0 aliphatic heterocycles. The number of carbonyl (C=O) groups excluding carboxylic acids is 1. The van der Waals surface area contributed by atoms with Crippen molar-refractivity contribution in [3.8, 4) is 5.75 Å². The minimum Gasteiger partial charge on any atom is -0.493 e. The second-order valence-electron chi connectivity index (χ2n) is 3.92. The van der Waals surface area contributed by atoms with E-state index in [9.17, 15) is 4.79 Å². The summed E-state index contributed by atoms with van der Waals surface area (Å²) in [6.07, 6.45) is 0.518. The van der Waals surface area contributed by atoms with E-state index >= 15 is 0 Å². The van der Waals surface area contributed by atoms with Gasteiger partial charge in [0, 0.05) is 26.6 Å². The van der Waals surface area contributed by atoms with Crippen LogP contribution in [0.3, 0.4) is 0 Å². The fourth-order valence-electron chi connectivity index (χ4n) is 1.46. The van der Waals surface area contributed by atoms with E-state index in [1.54, 1.807) is 6.07 Å². The van der Waals surface area contributed by atoms with E-state index in [1.807, 2.05) is 6.92 Å². The molecule has 2 rings (SSSR count). The summed E-state index contributed by atoms with van der Waals surface area (Å²) >= 11 is 0. The molecule has 98 valence electrons. The Morgan fingerprint density at radius 1 is 1.26 bits per heavy atom. The predicted molar refractivity (Wildman–Crippen MR) is 74.6 cm³/mol. The highest BCUT2D eigenvalue weighted by Crippen LogP contribution is 2.11. The summed E-state index contributed by atoms with van der Waals surface area (Å²) in [5.74, 6) is 0.134. The van der Waals surface area contributed by atoms with Crippen molar-refractivity contribution in [2.45, 2.75) is 19.7 Å². The number of ether oxygens (including phenoxy) is 1. The van der Waals surface area contributed by atoms with Gasteiger partial charge in [-0.1, -0.05) is 13.0 Å². The fourth-order valence-corrected chi connectivity index (χ4v) is 1.46. The lowest BCUT2D eigenvalue weighted by Gasteiger charge is -2.06. The topological polar surface area (TPSA) is 39.2 Å². The Morgan fingerprint density at radius 2 is 2.05 bits per heavy atom. The maximum Gasteiger partial charge on any atom is 0.150 e. The van der Waals surface area contributed by atoms with E-state index in [1.165, 1.54) is 36.5 Å². The van der Waals surface area contributed by atoms with Gasteiger partial charge in [-0.05, 0) is 42.3 Å². The molecule has 1 heterocycles. The van der Waals surface area contributed by atoms with Crippen LogP contribution >= 0.6 is 0 Å². The first-order valence-corrected chi connectivity index (χ1v) is 6.00. The first-order valence-electron chi connectivity index (χ1n) is 8.00. The van der Waals surface area contributed by atoms with Gasteiger partial charge in [0.2, 0.25) is 0 Å². The van der Waals surface area contributed by atoms with Gasteiger partial charge in [-0.2, -0.15) is 0 Å². The van der Waals surface area contributed by atoms with Crippen LogP contribution in [0, 0.1) is 0 Å². The second kappa shape index (κ2) is 6.69. The van der Waals surface area contributed by atoms with Crippen LogP contribution in [-0.2, 0) is 12.8 Å². The van der Waals surface area contributed by atoms with Crippen LogP contribution in [0.4, 0.5) is 0 Å². The summed E-state index contributed by atoms with van der Waals surface area (Å²) in [4.78, 5) is 14.6. The SMILES string of the molecule is [2H]C([2H])(Oc1ccc(C=O)cc1)C([2H])([2H])c1ccc(CC)cn1. The number of nitrogens with zero attached hydrogens (tertiary/aromatic N) is 1. The minimum absolute atomic E-state index is 0.0378. The van der Waals surface area contributed by atoms with Gasteiger partial charge in [0.25, 0.3) is 0 Å². The number of pyridine rings is 1. The van der Waals surface area contributed by atoms with Crippen molar-refractivity contribution in [2.24, 2.45) is 0 Å². The molecule has 3 heteroatoms. The van der Waals surface area contributed by atoms with Crippen LogP contribution in [0.2, 0.25) is 0 Å². The predicted octanol–water partition coefficient (Wildman–Crippen LogP) is 3.08. The van der Waals surface area contributed by atoms with Crippen molar-refractivity contribution in [3.63, 3.8) is 0 Å². The summed E-state index contributed by atoms with van der Waals surface area (Å²) < 4.78 is 37.2. The number of rotatable bonds is 6. The Labute approximate surface area is 118 Å². The molecule has 0 unspecified atom stereocenters. The standard InChI is InChI=1S/C16H17NO2/c1-2-13-3-6-15(17-11-13)9-10-19-16-7-4-14(12-18)5-8-16/h3-8,11-12H,2,9-10H2,1H3/i9D2,10D2. The first-order chi connectivity index (χ1) is 10.8. The number of aryl methyl sites for hydroxylation is 2. The van der Waals surface area contributed by atoms with E-state index in [4.69, 9.17) is 10.2 Å². The van der Waals surface area contributed by atoms with E-state index in [-0.39, 0.29) is 11.4 Å². The van der Waals surface area contributed by atoms with Crippen molar-refractivity contribution in [3.05, 3.63) is 59.4 Å². The molecule has 0 aliphatic carbocycles. The van der Waals surface area contributed by atoms with Crippen LogP contribution < -0.4 is 4.74 Å². The van der Waals surface area contributed by atoms with E-state index < -0.39 is 12.9 Å². The van der Waals surface area contributed by atoms with Crippen LogP contribution in [0.25, 0.3) is 0 Å². The number of benzene rings is 1. The van der Waals surface area contributed by atoms with Gasteiger partial charge in [-0.15, -0.1) is 0 Å². The number of hydrogen-bond acceptors (Lipinski definition) is 3. The average molecular weight is 259 g/mol. The van der Waals surface area contributed by atoms with Gasteiger partial charge in [-0.3, -0.25) is 9.78 Å². The highest BCUT2D eigenvalue weighted by Gasteiger charge is 1.98. The number of hydrogen-bond donors (Lipinski definition) is 0. The largest absolute Gasteiger partial charge is 0.493 e. The Balaban J connectivity index is 2.25. The Bertz CT molecular complexity index is 669. The number of aromatic nitrogens is 1. The summed E-state index contributed by atoms with van der Waals surface area (Å²) in [5, 5.41) is 0. The molecular weight excluding hydrogens is 238 g/mol. The lowest BCUT2D eigenvalue weighted by atomic mass is 10.2. The van der Waals surface area contributed by atoms with E-state index in [0.717, 1.165) is 12.0 Å². The van der Waals surface area contributed by atoms with Gasteiger partial charge in [0.1, 0.15) is 12.0 Å². The highest BCUT2D eigenvalue weighted by molar-refractivity contribution is 5.74. The van der Waals surface area contributed by atoms with Crippen molar-refractivity contribution >= 4 is 6.29 Å². The third-order valence-corrected chi connectivity index (χ3v) is 2.60. The van der Waals surface area contributed by atoms with Gasteiger partial charge in [0.15, 0.2) is 0 Å². The van der Waals surface area contributed by atoms with Crippen LogP contribution in [0.1, 0.15) is 34.0 Å². The quantitative estimate of drug-likeness (QED) is 0.748. The third kappa shape index (κ3) is 3.91.